The van der Waals surface area contributed by atoms with Gasteiger partial charge in [-0.05, 0) is 48.7 Å². The van der Waals surface area contributed by atoms with Gasteiger partial charge in [0.1, 0.15) is 5.76 Å². The predicted molar refractivity (Wildman–Crippen MR) is 123 cm³/mol. The van der Waals surface area contributed by atoms with Crippen LogP contribution in [-0.4, -0.2) is 32.8 Å². The number of furan rings is 1. The van der Waals surface area contributed by atoms with Crippen LogP contribution in [0.25, 0.3) is 17.1 Å². The second-order valence-corrected chi connectivity index (χ2v) is 8.86. The highest BCUT2D eigenvalue weighted by molar-refractivity contribution is 7.99. The van der Waals surface area contributed by atoms with Crippen molar-refractivity contribution in [2.45, 2.75) is 37.1 Å². The van der Waals surface area contributed by atoms with Gasteiger partial charge in [0.2, 0.25) is 5.76 Å². The molecule has 7 nitrogen and oxygen atoms in total. The quantitative estimate of drug-likeness (QED) is 0.265. The van der Waals surface area contributed by atoms with Crippen LogP contribution in [0.4, 0.5) is 0 Å². The molecule has 0 amide bonds. The van der Waals surface area contributed by atoms with Gasteiger partial charge in [0, 0.05) is 18.0 Å². The fourth-order valence-corrected chi connectivity index (χ4v) is 4.36. The molecule has 0 radical (unpaired) electrons. The molecule has 4 aromatic rings. The summed E-state index contributed by atoms with van der Waals surface area (Å²) in [6.07, 6.45) is 3.52. The van der Waals surface area contributed by atoms with Crippen LogP contribution < -0.4 is 0 Å². The number of thioether (sulfide) groups is 1. The smallest absolute Gasteiger partial charge is 0.373 e. The third-order valence-electron chi connectivity index (χ3n) is 5.05. The predicted octanol–water partition coefficient (Wildman–Crippen LogP) is 5.69. The second kappa shape index (κ2) is 9.40. The number of para-hydroxylation sites is 1. The average molecular weight is 449 g/mol. The SMILES string of the molecule is COC(=O)c1ccc(C(C)Sc2nnc(-c3cccnc3)n2-c2ccccc2C(C)C)o1. The van der Waals surface area contributed by atoms with E-state index < -0.39 is 5.97 Å². The fourth-order valence-electron chi connectivity index (χ4n) is 3.42. The number of aromatic nitrogens is 4. The van der Waals surface area contributed by atoms with Gasteiger partial charge in [-0.2, -0.15) is 0 Å². The Hall–Kier alpha value is -3.39. The van der Waals surface area contributed by atoms with Crippen LogP contribution in [0.1, 0.15) is 53.8 Å². The zero-order chi connectivity index (χ0) is 22.7. The molecule has 32 heavy (non-hydrogen) atoms. The van der Waals surface area contributed by atoms with Gasteiger partial charge in [-0.3, -0.25) is 9.55 Å². The fraction of sp³-hybridized carbons (Fsp3) is 0.250. The van der Waals surface area contributed by atoms with Crippen LogP contribution in [0, 0.1) is 0 Å². The molecule has 0 aliphatic carbocycles. The summed E-state index contributed by atoms with van der Waals surface area (Å²) in [5, 5.41) is 9.63. The topological polar surface area (TPSA) is 83.0 Å². The first kappa shape index (κ1) is 21.8. The zero-order valence-electron chi connectivity index (χ0n) is 18.4. The van der Waals surface area contributed by atoms with Crippen molar-refractivity contribution in [1.29, 1.82) is 0 Å². The standard InChI is InChI=1S/C24H24N4O3S/c1-15(2)18-9-5-6-10-19(18)28-22(17-8-7-13-25-14-17)26-27-24(28)32-16(3)20-11-12-21(31-20)23(29)30-4/h5-16H,1-4H3. The summed E-state index contributed by atoms with van der Waals surface area (Å²) in [4.78, 5) is 16.0. The van der Waals surface area contributed by atoms with E-state index in [4.69, 9.17) is 9.15 Å². The lowest BCUT2D eigenvalue weighted by Gasteiger charge is -2.17. The molecule has 0 spiro atoms. The van der Waals surface area contributed by atoms with Crippen LogP contribution in [-0.2, 0) is 4.74 Å². The maximum atomic E-state index is 11.8. The normalized spacial score (nSPS) is 12.2. The number of nitrogens with zero attached hydrogens (tertiary/aromatic N) is 4. The molecule has 0 bridgehead atoms. The Morgan fingerprint density at radius 2 is 1.88 bits per heavy atom. The largest absolute Gasteiger partial charge is 0.463 e. The number of carbonyl (C=O) groups is 1. The molecular weight excluding hydrogens is 424 g/mol. The molecular formula is C24H24N4O3S. The summed E-state index contributed by atoms with van der Waals surface area (Å²) in [6.45, 7) is 6.33. The lowest BCUT2D eigenvalue weighted by atomic mass is 10.0. The van der Waals surface area contributed by atoms with Crippen LogP contribution in [0.3, 0.4) is 0 Å². The van der Waals surface area contributed by atoms with Crippen LogP contribution in [0.15, 0.2) is 70.5 Å². The van der Waals surface area contributed by atoms with Crippen molar-refractivity contribution in [3.63, 3.8) is 0 Å². The van der Waals surface area contributed by atoms with Gasteiger partial charge in [0.25, 0.3) is 0 Å². The third kappa shape index (κ3) is 4.31. The highest BCUT2D eigenvalue weighted by atomic mass is 32.2. The minimum Gasteiger partial charge on any atom is -0.463 e. The van der Waals surface area contributed by atoms with E-state index >= 15 is 0 Å². The summed E-state index contributed by atoms with van der Waals surface area (Å²) in [5.74, 6) is 1.37. The van der Waals surface area contributed by atoms with Gasteiger partial charge in [0.05, 0.1) is 18.0 Å². The Morgan fingerprint density at radius 3 is 2.59 bits per heavy atom. The Labute approximate surface area is 190 Å². The second-order valence-electron chi connectivity index (χ2n) is 7.55. The van der Waals surface area contributed by atoms with Gasteiger partial charge < -0.3 is 9.15 Å². The molecule has 164 valence electrons. The summed E-state index contributed by atoms with van der Waals surface area (Å²) < 4.78 is 12.5. The first-order chi connectivity index (χ1) is 15.5. The van der Waals surface area contributed by atoms with E-state index in [-0.39, 0.29) is 11.0 Å². The van der Waals surface area contributed by atoms with Crippen molar-refractivity contribution in [1.82, 2.24) is 19.7 Å². The molecule has 3 aromatic heterocycles. The molecule has 0 aliphatic rings. The van der Waals surface area contributed by atoms with E-state index in [2.05, 4.69) is 45.7 Å². The number of pyridine rings is 1. The van der Waals surface area contributed by atoms with Crippen LogP contribution in [0.2, 0.25) is 0 Å². The first-order valence-corrected chi connectivity index (χ1v) is 11.2. The van der Waals surface area contributed by atoms with Crippen molar-refractivity contribution in [2.24, 2.45) is 0 Å². The lowest BCUT2D eigenvalue weighted by Crippen LogP contribution is -2.05. The van der Waals surface area contributed by atoms with Crippen molar-refractivity contribution in [2.75, 3.05) is 7.11 Å². The summed E-state index contributed by atoms with van der Waals surface area (Å²) >= 11 is 1.51. The Morgan fingerprint density at radius 1 is 1.06 bits per heavy atom. The summed E-state index contributed by atoms with van der Waals surface area (Å²) in [6, 6.07) is 15.5. The molecule has 8 heteroatoms. The molecule has 1 unspecified atom stereocenters. The van der Waals surface area contributed by atoms with Crippen molar-refractivity contribution < 1.29 is 13.9 Å². The summed E-state index contributed by atoms with van der Waals surface area (Å²) in [5.41, 5.74) is 3.10. The molecule has 1 atom stereocenters. The third-order valence-corrected chi connectivity index (χ3v) is 6.11. The van der Waals surface area contributed by atoms with Crippen molar-refractivity contribution in [3.8, 4) is 17.1 Å². The van der Waals surface area contributed by atoms with Crippen molar-refractivity contribution >= 4 is 17.7 Å². The molecule has 0 N–H and O–H groups in total. The molecule has 0 fully saturated rings. The Bertz CT molecular complexity index is 1220. The number of ether oxygens (including phenoxy) is 1. The number of carbonyl (C=O) groups excluding carboxylic acids is 1. The van der Waals surface area contributed by atoms with E-state index in [9.17, 15) is 4.79 Å². The number of hydrogen-bond donors (Lipinski definition) is 0. The number of benzene rings is 1. The van der Waals surface area contributed by atoms with Gasteiger partial charge >= 0.3 is 5.97 Å². The molecule has 0 saturated carbocycles. The van der Waals surface area contributed by atoms with Gasteiger partial charge in [-0.1, -0.05) is 43.8 Å². The van der Waals surface area contributed by atoms with E-state index in [0.29, 0.717) is 11.7 Å². The van der Waals surface area contributed by atoms with Gasteiger partial charge in [-0.25, -0.2) is 4.79 Å². The number of esters is 1. The number of hydrogen-bond acceptors (Lipinski definition) is 7. The molecule has 3 heterocycles. The molecule has 0 saturated heterocycles. The summed E-state index contributed by atoms with van der Waals surface area (Å²) in [7, 11) is 1.33. The van der Waals surface area contributed by atoms with Gasteiger partial charge in [0.15, 0.2) is 11.0 Å². The van der Waals surface area contributed by atoms with Crippen molar-refractivity contribution in [3.05, 3.63) is 78.0 Å². The van der Waals surface area contributed by atoms with E-state index in [1.165, 1.54) is 24.4 Å². The van der Waals surface area contributed by atoms with E-state index in [1.54, 1.807) is 24.5 Å². The Balaban J connectivity index is 1.77. The lowest BCUT2D eigenvalue weighted by molar-refractivity contribution is 0.0563. The maximum absolute atomic E-state index is 11.8. The first-order valence-electron chi connectivity index (χ1n) is 10.3. The molecule has 4 rings (SSSR count). The van der Waals surface area contributed by atoms with E-state index in [0.717, 1.165) is 22.2 Å². The van der Waals surface area contributed by atoms with E-state index in [1.807, 2.05) is 31.2 Å². The van der Waals surface area contributed by atoms with Crippen LogP contribution in [0.5, 0.6) is 0 Å². The highest BCUT2D eigenvalue weighted by Gasteiger charge is 2.23. The Kier molecular flexibility index (Phi) is 6.41. The molecule has 1 aromatic carbocycles. The van der Waals surface area contributed by atoms with Crippen LogP contribution >= 0.6 is 11.8 Å². The monoisotopic (exact) mass is 448 g/mol. The minimum absolute atomic E-state index is 0.107. The average Bonchev–Trinajstić information content (AvgIpc) is 3.47. The van der Waals surface area contributed by atoms with Gasteiger partial charge in [-0.15, -0.1) is 10.2 Å². The number of methoxy groups -OCH3 is 1. The molecule has 0 aliphatic heterocycles. The maximum Gasteiger partial charge on any atom is 0.373 e. The highest BCUT2D eigenvalue weighted by Crippen LogP contribution is 2.38. The minimum atomic E-state index is -0.499. The number of rotatable bonds is 7. The zero-order valence-corrected chi connectivity index (χ0v) is 19.2.